The minimum absolute atomic E-state index is 1.14. The molecule has 0 N–H and O–H groups in total. The van der Waals surface area contributed by atoms with Gasteiger partial charge in [0, 0.05) is 10.8 Å². The van der Waals surface area contributed by atoms with Gasteiger partial charge < -0.3 is 0 Å². The van der Waals surface area contributed by atoms with Gasteiger partial charge in [-0.2, -0.15) is 10.2 Å². The van der Waals surface area contributed by atoms with E-state index in [9.17, 15) is 0 Å². The van der Waals surface area contributed by atoms with E-state index in [0.29, 0.717) is 0 Å². The molecule has 2 heteroatoms. The van der Waals surface area contributed by atoms with Crippen LogP contribution in [0.15, 0.2) is 30.6 Å². The highest BCUT2D eigenvalue weighted by Crippen LogP contribution is 2.11. The SMILES string of the molecule is Cc1ccc2cnncc2c1. The Morgan fingerprint density at radius 1 is 1.00 bits per heavy atom. The molecule has 0 spiro atoms. The van der Waals surface area contributed by atoms with Crippen LogP contribution in [-0.2, 0) is 0 Å². The second kappa shape index (κ2) is 2.31. The second-order valence-electron chi connectivity index (χ2n) is 2.62. The van der Waals surface area contributed by atoms with E-state index in [1.807, 2.05) is 0 Å². The van der Waals surface area contributed by atoms with E-state index in [0.717, 1.165) is 10.8 Å². The zero-order valence-corrected chi connectivity index (χ0v) is 6.28. The Morgan fingerprint density at radius 2 is 1.73 bits per heavy atom. The van der Waals surface area contributed by atoms with Crippen LogP contribution in [0.1, 0.15) is 5.56 Å². The van der Waals surface area contributed by atoms with E-state index < -0.39 is 0 Å². The fourth-order valence-corrected chi connectivity index (χ4v) is 1.11. The summed E-state index contributed by atoms with van der Waals surface area (Å²) < 4.78 is 0. The number of nitrogens with zero attached hydrogens (tertiary/aromatic N) is 2. The van der Waals surface area contributed by atoms with Gasteiger partial charge in [0.15, 0.2) is 0 Å². The lowest BCUT2D eigenvalue weighted by atomic mass is 10.1. The number of rotatable bonds is 0. The van der Waals surface area contributed by atoms with Gasteiger partial charge in [-0.15, -0.1) is 0 Å². The smallest absolute Gasteiger partial charge is 0.0574 e. The molecule has 0 aliphatic rings. The first-order valence-corrected chi connectivity index (χ1v) is 3.53. The predicted octanol–water partition coefficient (Wildman–Crippen LogP) is 1.94. The van der Waals surface area contributed by atoms with Crippen molar-refractivity contribution in [2.75, 3.05) is 0 Å². The molecule has 2 nitrogen and oxygen atoms in total. The highest BCUT2D eigenvalue weighted by atomic mass is 15.1. The summed E-state index contributed by atoms with van der Waals surface area (Å²) in [6, 6.07) is 6.23. The Balaban J connectivity index is 2.83. The van der Waals surface area contributed by atoms with Crippen LogP contribution in [0.2, 0.25) is 0 Å². The fourth-order valence-electron chi connectivity index (χ4n) is 1.11. The molecule has 0 aliphatic heterocycles. The van der Waals surface area contributed by atoms with Crippen molar-refractivity contribution in [2.45, 2.75) is 6.92 Å². The standard InChI is InChI=1S/C9H8N2/c1-7-2-3-8-5-10-11-6-9(8)4-7/h2-6H,1H3. The van der Waals surface area contributed by atoms with Crippen molar-refractivity contribution in [1.29, 1.82) is 0 Å². The third-order valence-corrected chi connectivity index (χ3v) is 1.70. The molecule has 0 bridgehead atoms. The molecule has 1 aromatic heterocycles. The quantitative estimate of drug-likeness (QED) is 0.564. The number of fused-ring (bicyclic) bond motifs is 1. The van der Waals surface area contributed by atoms with Gasteiger partial charge in [-0.25, -0.2) is 0 Å². The molecular weight excluding hydrogens is 136 g/mol. The molecule has 0 radical (unpaired) electrons. The van der Waals surface area contributed by atoms with Crippen LogP contribution in [-0.4, -0.2) is 10.2 Å². The minimum atomic E-state index is 1.14. The van der Waals surface area contributed by atoms with Gasteiger partial charge in [-0.1, -0.05) is 17.7 Å². The third-order valence-electron chi connectivity index (χ3n) is 1.70. The zero-order chi connectivity index (χ0) is 7.68. The summed E-state index contributed by atoms with van der Waals surface area (Å²) in [6.07, 6.45) is 3.55. The number of hydrogen-bond acceptors (Lipinski definition) is 2. The van der Waals surface area contributed by atoms with Crippen LogP contribution >= 0.6 is 0 Å². The second-order valence-corrected chi connectivity index (χ2v) is 2.62. The van der Waals surface area contributed by atoms with Crippen LogP contribution in [0.5, 0.6) is 0 Å². The average Bonchev–Trinajstić information content (AvgIpc) is 2.04. The monoisotopic (exact) mass is 144 g/mol. The highest BCUT2D eigenvalue weighted by molar-refractivity contribution is 5.81. The van der Waals surface area contributed by atoms with Crippen LogP contribution < -0.4 is 0 Å². The number of aryl methyl sites for hydroxylation is 1. The number of aromatic nitrogens is 2. The van der Waals surface area contributed by atoms with Gasteiger partial charge in [0.1, 0.15) is 0 Å². The maximum atomic E-state index is 3.80. The summed E-state index contributed by atoms with van der Waals surface area (Å²) in [6.45, 7) is 2.07. The normalized spacial score (nSPS) is 10.3. The Hall–Kier alpha value is -1.44. The minimum Gasteiger partial charge on any atom is -0.158 e. The van der Waals surface area contributed by atoms with Gasteiger partial charge in [0.25, 0.3) is 0 Å². The fraction of sp³-hybridized carbons (Fsp3) is 0.111. The summed E-state index contributed by atoms with van der Waals surface area (Å²) in [5.74, 6) is 0. The molecule has 54 valence electrons. The van der Waals surface area contributed by atoms with Crippen molar-refractivity contribution in [3.05, 3.63) is 36.2 Å². The van der Waals surface area contributed by atoms with Crippen molar-refractivity contribution < 1.29 is 0 Å². The molecule has 2 rings (SSSR count). The third kappa shape index (κ3) is 1.07. The zero-order valence-electron chi connectivity index (χ0n) is 6.28. The van der Waals surface area contributed by atoms with E-state index in [1.54, 1.807) is 12.4 Å². The lowest BCUT2D eigenvalue weighted by Crippen LogP contribution is -1.80. The van der Waals surface area contributed by atoms with Gasteiger partial charge in [-0.3, -0.25) is 0 Å². The molecular formula is C9H8N2. The summed E-state index contributed by atoms with van der Waals surface area (Å²) in [7, 11) is 0. The van der Waals surface area contributed by atoms with Crippen molar-refractivity contribution in [2.24, 2.45) is 0 Å². The molecule has 0 amide bonds. The highest BCUT2D eigenvalue weighted by Gasteiger charge is 1.91. The Morgan fingerprint density at radius 3 is 2.55 bits per heavy atom. The van der Waals surface area contributed by atoms with E-state index in [4.69, 9.17) is 0 Å². The molecule has 0 unspecified atom stereocenters. The summed E-state index contributed by atoms with van der Waals surface area (Å²) in [5, 5.41) is 9.89. The molecule has 2 aromatic rings. The molecule has 0 atom stereocenters. The van der Waals surface area contributed by atoms with E-state index in [-0.39, 0.29) is 0 Å². The predicted molar refractivity (Wildman–Crippen MR) is 44.3 cm³/mol. The number of hydrogen-bond donors (Lipinski definition) is 0. The van der Waals surface area contributed by atoms with E-state index >= 15 is 0 Å². The molecule has 0 saturated carbocycles. The Bertz CT molecular complexity index is 382. The summed E-state index contributed by atoms with van der Waals surface area (Å²) in [5.41, 5.74) is 1.26. The van der Waals surface area contributed by atoms with Gasteiger partial charge in [-0.05, 0) is 13.0 Å². The Labute approximate surface area is 64.9 Å². The number of benzene rings is 1. The van der Waals surface area contributed by atoms with Gasteiger partial charge in [0.05, 0.1) is 12.4 Å². The summed E-state index contributed by atoms with van der Waals surface area (Å²) >= 11 is 0. The van der Waals surface area contributed by atoms with Crippen LogP contribution in [0.3, 0.4) is 0 Å². The van der Waals surface area contributed by atoms with Crippen LogP contribution in [0.25, 0.3) is 10.8 Å². The van der Waals surface area contributed by atoms with E-state index in [1.165, 1.54) is 5.56 Å². The largest absolute Gasteiger partial charge is 0.158 e. The average molecular weight is 144 g/mol. The lowest BCUT2D eigenvalue weighted by Gasteiger charge is -1.95. The first-order valence-electron chi connectivity index (χ1n) is 3.53. The van der Waals surface area contributed by atoms with Crippen LogP contribution in [0, 0.1) is 6.92 Å². The van der Waals surface area contributed by atoms with E-state index in [2.05, 4.69) is 35.3 Å². The molecule has 0 fully saturated rings. The molecule has 0 saturated heterocycles. The topological polar surface area (TPSA) is 25.8 Å². The first-order chi connectivity index (χ1) is 5.36. The lowest BCUT2D eigenvalue weighted by molar-refractivity contribution is 1.05. The first kappa shape index (κ1) is 6.28. The molecule has 11 heavy (non-hydrogen) atoms. The van der Waals surface area contributed by atoms with Gasteiger partial charge in [0.2, 0.25) is 0 Å². The maximum Gasteiger partial charge on any atom is 0.0574 e. The van der Waals surface area contributed by atoms with Crippen molar-refractivity contribution >= 4 is 10.8 Å². The van der Waals surface area contributed by atoms with Crippen molar-refractivity contribution in [1.82, 2.24) is 10.2 Å². The summed E-state index contributed by atoms with van der Waals surface area (Å²) in [4.78, 5) is 0. The van der Waals surface area contributed by atoms with Crippen molar-refractivity contribution in [3.63, 3.8) is 0 Å². The van der Waals surface area contributed by atoms with Crippen LogP contribution in [0.4, 0.5) is 0 Å². The molecule has 0 aliphatic carbocycles. The molecule has 1 heterocycles. The molecule has 1 aromatic carbocycles. The van der Waals surface area contributed by atoms with Gasteiger partial charge >= 0.3 is 0 Å². The van der Waals surface area contributed by atoms with Crippen molar-refractivity contribution in [3.8, 4) is 0 Å². The Kier molecular flexibility index (Phi) is 1.32. The maximum absolute atomic E-state index is 3.80.